The minimum Gasteiger partial charge on any atom is -0.381 e. The summed E-state index contributed by atoms with van der Waals surface area (Å²) in [4.78, 5) is 27.6. The number of ketones is 1. The summed E-state index contributed by atoms with van der Waals surface area (Å²) in [6.45, 7) is 9.21. The van der Waals surface area contributed by atoms with Gasteiger partial charge in [-0.05, 0) is 36.7 Å². The molecular formula is C22H31NO3. The Morgan fingerprint density at radius 1 is 1.00 bits per heavy atom. The van der Waals surface area contributed by atoms with Crippen LogP contribution in [0.25, 0.3) is 0 Å². The average Bonchev–Trinajstić information content (AvgIpc) is 2.67. The summed E-state index contributed by atoms with van der Waals surface area (Å²) in [5.41, 5.74) is 2.08. The van der Waals surface area contributed by atoms with Crippen LogP contribution in [-0.2, 0) is 14.9 Å². The van der Waals surface area contributed by atoms with Crippen molar-refractivity contribution in [2.75, 3.05) is 26.3 Å². The van der Waals surface area contributed by atoms with Gasteiger partial charge in [0.05, 0.1) is 0 Å². The van der Waals surface area contributed by atoms with Crippen LogP contribution in [0.4, 0.5) is 0 Å². The molecular weight excluding hydrogens is 326 g/mol. The van der Waals surface area contributed by atoms with E-state index in [1.807, 2.05) is 17.0 Å². The summed E-state index contributed by atoms with van der Waals surface area (Å²) in [5, 5.41) is 0. The van der Waals surface area contributed by atoms with E-state index in [-0.39, 0.29) is 28.9 Å². The first-order valence-corrected chi connectivity index (χ1v) is 9.87. The zero-order valence-corrected chi connectivity index (χ0v) is 16.3. The van der Waals surface area contributed by atoms with E-state index in [0.717, 1.165) is 37.8 Å². The number of carbonyl (C=O) groups excluding carboxylic acids is 2. The summed E-state index contributed by atoms with van der Waals surface area (Å²) in [6, 6.07) is 8.01. The number of rotatable bonds is 3. The number of benzene rings is 1. The van der Waals surface area contributed by atoms with Crippen molar-refractivity contribution in [1.29, 1.82) is 0 Å². The number of Topliss-reactive ketones (excluding diaryl/α,β-unsaturated/α-hetero) is 1. The molecule has 0 bridgehead atoms. The van der Waals surface area contributed by atoms with Gasteiger partial charge in [0.2, 0.25) is 5.91 Å². The van der Waals surface area contributed by atoms with E-state index in [0.29, 0.717) is 19.8 Å². The summed E-state index contributed by atoms with van der Waals surface area (Å²) in [6.07, 6.45) is 3.40. The smallest absolute Gasteiger partial charge is 0.225 e. The van der Waals surface area contributed by atoms with Gasteiger partial charge in [-0.3, -0.25) is 9.59 Å². The van der Waals surface area contributed by atoms with Crippen LogP contribution >= 0.6 is 0 Å². The Kier molecular flexibility index (Phi) is 5.81. The maximum atomic E-state index is 12.9. The van der Waals surface area contributed by atoms with E-state index in [9.17, 15) is 9.59 Å². The molecule has 0 aromatic heterocycles. The number of hydrogen-bond acceptors (Lipinski definition) is 3. The Hall–Kier alpha value is -1.68. The van der Waals surface area contributed by atoms with Crippen molar-refractivity contribution in [3.8, 4) is 0 Å². The van der Waals surface area contributed by atoms with E-state index in [4.69, 9.17) is 4.74 Å². The minimum atomic E-state index is -0.0759. The van der Waals surface area contributed by atoms with Gasteiger partial charge < -0.3 is 9.64 Å². The van der Waals surface area contributed by atoms with Crippen molar-refractivity contribution >= 4 is 11.7 Å². The first-order chi connectivity index (χ1) is 12.4. The highest BCUT2D eigenvalue weighted by molar-refractivity contribution is 5.98. The molecule has 142 valence electrons. The van der Waals surface area contributed by atoms with Gasteiger partial charge in [-0.2, -0.15) is 0 Å². The van der Waals surface area contributed by atoms with Crippen LogP contribution in [0.2, 0.25) is 0 Å². The molecule has 0 aliphatic carbocycles. The average molecular weight is 357 g/mol. The van der Waals surface area contributed by atoms with Crippen molar-refractivity contribution in [3.63, 3.8) is 0 Å². The number of hydrogen-bond donors (Lipinski definition) is 0. The molecule has 3 rings (SSSR count). The molecule has 2 aliphatic heterocycles. The van der Waals surface area contributed by atoms with Crippen LogP contribution in [0.1, 0.15) is 62.4 Å². The Bertz CT molecular complexity index is 638. The summed E-state index contributed by atoms with van der Waals surface area (Å²) >= 11 is 0. The number of amides is 1. The van der Waals surface area contributed by atoms with E-state index in [1.165, 1.54) is 5.56 Å². The lowest BCUT2D eigenvalue weighted by atomic mass is 9.84. The third-order valence-corrected chi connectivity index (χ3v) is 5.71. The molecule has 2 aliphatic rings. The Morgan fingerprint density at radius 2 is 1.65 bits per heavy atom. The zero-order chi connectivity index (χ0) is 18.7. The quantitative estimate of drug-likeness (QED) is 0.773. The maximum absolute atomic E-state index is 12.9. The molecule has 2 heterocycles. The highest BCUT2D eigenvalue weighted by atomic mass is 16.5. The van der Waals surface area contributed by atoms with Gasteiger partial charge >= 0.3 is 0 Å². The molecule has 0 N–H and O–H groups in total. The molecule has 1 atom stereocenters. The number of nitrogens with zero attached hydrogens (tertiary/aromatic N) is 1. The molecule has 0 unspecified atom stereocenters. The molecule has 26 heavy (non-hydrogen) atoms. The first kappa shape index (κ1) is 19.1. The van der Waals surface area contributed by atoms with Gasteiger partial charge in [0.15, 0.2) is 5.78 Å². The van der Waals surface area contributed by atoms with Gasteiger partial charge in [0.1, 0.15) is 0 Å². The monoisotopic (exact) mass is 357 g/mol. The molecule has 1 amide bonds. The molecule has 4 heteroatoms. The van der Waals surface area contributed by atoms with E-state index < -0.39 is 0 Å². The van der Waals surface area contributed by atoms with Crippen molar-refractivity contribution < 1.29 is 14.3 Å². The fourth-order valence-corrected chi connectivity index (χ4v) is 3.96. The SMILES string of the molecule is CC(C)(C)c1ccc(C(=O)[C@@H]2CCCN(C(=O)C3CCOCC3)C2)cc1. The fraction of sp³-hybridized carbons (Fsp3) is 0.636. The highest BCUT2D eigenvalue weighted by Gasteiger charge is 2.32. The first-order valence-electron chi connectivity index (χ1n) is 9.87. The third kappa shape index (κ3) is 4.35. The van der Waals surface area contributed by atoms with Crippen molar-refractivity contribution in [3.05, 3.63) is 35.4 Å². The number of carbonyl (C=O) groups is 2. The zero-order valence-electron chi connectivity index (χ0n) is 16.3. The van der Waals surface area contributed by atoms with Crippen LogP contribution < -0.4 is 0 Å². The van der Waals surface area contributed by atoms with Gasteiger partial charge in [-0.25, -0.2) is 0 Å². The number of likely N-dealkylation sites (tertiary alicyclic amines) is 1. The third-order valence-electron chi connectivity index (χ3n) is 5.71. The second-order valence-electron chi connectivity index (χ2n) is 8.70. The number of piperidine rings is 1. The molecule has 1 aromatic rings. The lowest BCUT2D eigenvalue weighted by molar-refractivity contribution is -0.140. The van der Waals surface area contributed by atoms with Crippen LogP contribution in [-0.4, -0.2) is 42.9 Å². The summed E-state index contributed by atoms with van der Waals surface area (Å²) in [5.74, 6) is 0.389. The van der Waals surface area contributed by atoms with Crippen molar-refractivity contribution in [2.45, 2.75) is 51.9 Å². The van der Waals surface area contributed by atoms with E-state index >= 15 is 0 Å². The molecule has 1 aromatic carbocycles. The van der Waals surface area contributed by atoms with Crippen molar-refractivity contribution in [1.82, 2.24) is 4.90 Å². The molecule has 4 nitrogen and oxygen atoms in total. The lowest BCUT2D eigenvalue weighted by Crippen LogP contribution is -2.45. The van der Waals surface area contributed by atoms with Crippen molar-refractivity contribution in [2.24, 2.45) is 11.8 Å². The largest absolute Gasteiger partial charge is 0.381 e. The second-order valence-corrected chi connectivity index (χ2v) is 8.70. The molecule has 2 saturated heterocycles. The Balaban J connectivity index is 1.65. The van der Waals surface area contributed by atoms with Gasteiger partial charge in [-0.15, -0.1) is 0 Å². The number of ether oxygens (including phenoxy) is 1. The molecule has 0 saturated carbocycles. The summed E-state index contributed by atoms with van der Waals surface area (Å²) < 4.78 is 5.36. The molecule has 0 spiro atoms. The molecule has 2 fully saturated rings. The Labute approximate surface area is 156 Å². The van der Waals surface area contributed by atoms with E-state index in [2.05, 4.69) is 32.9 Å². The normalized spacial score (nSPS) is 22.3. The van der Waals surface area contributed by atoms with Gasteiger partial charge in [0.25, 0.3) is 0 Å². The van der Waals surface area contributed by atoms with Crippen LogP contribution in [0.15, 0.2) is 24.3 Å². The highest BCUT2D eigenvalue weighted by Crippen LogP contribution is 2.27. The molecule has 0 radical (unpaired) electrons. The second kappa shape index (κ2) is 7.91. The van der Waals surface area contributed by atoms with Gasteiger partial charge in [0, 0.05) is 43.7 Å². The fourth-order valence-electron chi connectivity index (χ4n) is 3.96. The summed E-state index contributed by atoms with van der Waals surface area (Å²) in [7, 11) is 0. The standard InChI is InChI=1S/C22H31NO3/c1-22(2,3)19-8-6-16(7-9-19)20(24)18-5-4-12-23(15-18)21(25)17-10-13-26-14-11-17/h6-9,17-18H,4-5,10-15H2,1-3H3/t18-/m1/s1. The minimum absolute atomic E-state index is 0.0728. The van der Waals surface area contributed by atoms with E-state index in [1.54, 1.807) is 0 Å². The predicted molar refractivity (Wildman–Crippen MR) is 102 cm³/mol. The van der Waals surface area contributed by atoms with Crippen LogP contribution in [0.3, 0.4) is 0 Å². The lowest BCUT2D eigenvalue weighted by Gasteiger charge is -2.35. The maximum Gasteiger partial charge on any atom is 0.225 e. The topological polar surface area (TPSA) is 46.6 Å². The van der Waals surface area contributed by atoms with Crippen LogP contribution in [0, 0.1) is 11.8 Å². The van der Waals surface area contributed by atoms with Crippen LogP contribution in [0.5, 0.6) is 0 Å². The Morgan fingerprint density at radius 3 is 2.27 bits per heavy atom. The predicted octanol–water partition coefficient (Wildman–Crippen LogP) is 3.83. The van der Waals surface area contributed by atoms with Gasteiger partial charge in [-0.1, -0.05) is 45.0 Å².